The lowest BCUT2D eigenvalue weighted by Gasteiger charge is -2.10. The molecule has 2 aromatic rings. The first-order valence-corrected chi connectivity index (χ1v) is 6.98. The van der Waals surface area contributed by atoms with Crippen LogP contribution >= 0.6 is 44.1 Å². The van der Waals surface area contributed by atoms with Gasteiger partial charge in [-0.25, -0.2) is 0 Å². The standard InChI is InChI=1S/C13H9Br2NS/c14-10-6-7-11(15)12(8-10)16-13(17)9-4-2-1-3-5-9/h1-8H,(H,16,17). The summed E-state index contributed by atoms with van der Waals surface area (Å²) in [5.74, 6) is 0. The molecule has 0 atom stereocenters. The number of rotatable bonds is 2. The van der Waals surface area contributed by atoms with Gasteiger partial charge < -0.3 is 5.32 Å². The van der Waals surface area contributed by atoms with Gasteiger partial charge in [0.1, 0.15) is 4.99 Å². The molecule has 0 aromatic heterocycles. The summed E-state index contributed by atoms with van der Waals surface area (Å²) < 4.78 is 2.00. The summed E-state index contributed by atoms with van der Waals surface area (Å²) in [5.41, 5.74) is 1.96. The van der Waals surface area contributed by atoms with Gasteiger partial charge in [0.15, 0.2) is 0 Å². The number of benzene rings is 2. The van der Waals surface area contributed by atoms with Crippen molar-refractivity contribution in [1.29, 1.82) is 0 Å². The zero-order chi connectivity index (χ0) is 12.3. The molecule has 17 heavy (non-hydrogen) atoms. The fraction of sp³-hybridized carbons (Fsp3) is 0. The van der Waals surface area contributed by atoms with Gasteiger partial charge in [0, 0.05) is 14.5 Å². The summed E-state index contributed by atoms with van der Waals surface area (Å²) in [4.78, 5) is 0.712. The Morgan fingerprint density at radius 1 is 1.00 bits per heavy atom. The maximum Gasteiger partial charge on any atom is 0.111 e. The van der Waals surface area contributed by atoms with Crippen LogP contribution in [-0.4, -0.2) is 4.99 Å². The van der Waals surface area contributed by atoms with Gasteiger partial charge in [-0.05, 0) is 34.1 Å². The molecule has 1 nitrogen and oxygen atoms in total. The van der Waals surface area contributed by atoms with Gasteiger partial charge in [-0.15, -0.1) is 0 Å². The third-order valence-electron chi connectivity index (χ3n) is 2.21. The quantitative estimate of drug-likeness (QED) is 0.746. The van der Waals surface area contributed by atoms with E-state index < -0.39 is 0 Å². The Morgan fingerprint density at radius 3 is 2.41 bits per heavy atom. The second kappa shape index (κ2) is 5.76. The smallest absolute Gasteiger partial charge is 0.111 e. The van der Waals surface area contributed by atoms with E-state index in [1.54, 1.807) is 0 Å². The first-order valence-electron chi connectivity index (χ1n) is 4.98. The van der Waals surface area contributed by atoms with E-state index in [2.05, 4.69) is 37.2 Å². The molecule has 0 radical (unpaired) electrons. The summed E-state index contributed by atoms with van der Waals surface area (Å²) in [6, 6.07) is 15.8. The Balaban J connectivity index is 2.22. The molecule has 0 spiro atoms. The molecule has 0 heterocycles. The molecule has 0 fully saturated rings. The van der Waals surface area contributed by atoms with Crippen LogP contribution in [0.3, 0.4) is 0 Å². The summed E-state index contributed by atoms with van der Waals surface area (Å²) in [7, 11) is 0. The Bertz CT molecular complexity index is 540. The highest BCUT2D eigenvalue weighted by Crippen LogP contribution is 2.26. The van der Waals surface area contributed by atoms with Crippen LogP contribution < -0.4 is 5.32 Å². The van der Waals surface area contributed by atoms with Crippen molar-refractivity contribution in [2.45, 2.75) is 0 Å². The predicted octanol–water partition coefficient (Wildman–Crippen LogP) is 5.00. The van der Waals surface area contributed by atoms with Crippen molar-refractivity contribution in [2.75, 3.05) is 5.32 Å². The van der Waals surface area contributed by atoms with Crippen LogP contribution in [0.25, 0.3) is 0 Å². The lowest BCUT2D eigenvalue weighted by molar-refractivity contribution is 1.55. The van der Waals surface area contributed by atoms with Crippen molar-refractivity contribution in [3.63, 3.8) is 0 Å². The van der Waals surface area contributed by atoms with Crippen LogP contribution in [-0.2, 0) is 0 Å². The summed E-state index contributed by atoms with van der Waals surface area (Å²) in [5, 5.41) is 3.22. The Morgan fingerprint density at radius 2 is 1.71 bits per heavy atom. The van der Waals surface area contributed by atoms with Crippen molar-refractivity contribution < 1.29 is 0 Å². The van der Waals surface area contributed by atoms with E-state index in [9.17, 15) is 0 Å². The van der Waals surface area contributed by atoms with Crippen LogP contribution in [0.15, 0.2) is 57.5 Å². The zero-order valence-electron chi connectivity index (χ0n) is 8.78. The molecule has 0 aliphatic heterocycles. The molecule has 0 saturated carbocycles. The average Bonchev–Trinajstić information content (AvgIpc) is 2.35. The van der Waals surface area contributed by atoms with Crippen molar-refractivity contribution >= 4 is 54.8 Å². The number of thiocarbonyl (C=S) groups is 1. The molecule has 2 aromatic carbocycles. The SMILES string of the molecule is S=C(Nc1cc(Br)ccc1Br)c1ccccc1. The maximum atomic E-state index is 5.36. The van der Waals surface area contributed by atoms with E-state index in [0.717, 1.165) is 20.2 Å². The van der Waals surface area contributed by atoms with Crippen LogP contribution in [0.5, 0.6) is 0 Å². The highest BCUT2D eigenvalue weighted by atomic mass is 79.9. The van der Waals surface area contributed by atoms with E-state index >= 15 is 0 Å². The molecular weight excluding hydrogens is 362 g/mol. The van der Waals surface area contributed by atoms with Gasteiger partial charge in [-0.1, -0.05) is 58.5 Å². The maximum absolute atomic E-state index is 5.36. The summed E-state index contributed by atoms with van der Waals surface area (Å²) in [6.07, 6.45) is 0. The Kier molecular flexibility index (Phi) is 4.31. The average molecular weight is 371 g/mol. The minimum atomic E-state index is 0.712. The van der Waals surface area contributed by atoms with E-state index in [1.807, 2.05) is 48.5 Å². The number of nitrogens with one attached hydrogen (secondary N) is 1. The van der Waals surface area contributed by atoms with Crippen LogP contribution in [0.2, 0.25) is 0 Å². The molecule has 0 saturated heterocycles. The van der Waals surface area contributed by atoms with Crippen LogP contribution in [0.4, 0.5) is 5.69 Å². The molecular formula is C13H9Br2NS. The monoisotopic (exact) mass is 369 g/mol. The fourth-order valence-electron chi connectivity index (χ4n) is 1.38. The third kappa shape index (κ3) is 3.37. The van der Waals surface area contributed by atoms with Crippen molar-refractivity contribution in [2.24, 2.45) is 0 Å². The second-order valence-corrected chi connectivity index (χ2v) is 5.62. The van der Waals surface area contributed by atoms with E-state index in [0.29, 0.717) is 4.99 Å². The molecule has 2 rings (SSSR count). The van der Waals surface area contributed by atoms with Crippen molar-refractivity contribution in [3.8, 4) is 0 Å². The highest BCUT2D eigenvalue weighted by Gasteiger charge is 2.04. The van der Waals surface area contributed by atoms with Gasteiger partial charge in [0.05, 0.1) is 5.69 Å². The molecule has 0 aliphatic rings. The van der Waals surface area contributed by atoms with E-state index in [1.165, 1.54) is 0 Å². The van der Waals surface area contributed by atoms with Gasteiger partial charge in [0.2, 0.25) is 0 Å². The van der Waals surface area contributed by atoms with E-state index in [-0.39, 0.29) is 0 Å². The minimum absolute atomic E-state index is 0.712. The van der Waals surface area contributed by atoms with Crippen LogP contribution in [0, 0.1) is 0 Å². The van der Waals surface area contributed by atoms with E-state index in [4.69, 9.17) is 12.2 Å². The Labute approximate surface area is 122 Å². The zero-order valence-corrected chi connectivity index (χ0v) is 12.8. The predicted molar refractivity (Wildman–Crippen MR) is 83.6 cm³/mol. The molecule has 0 unspecified atom stereocenters. The van der Waals surface area contributed by atoms with Crippen molar-refractivity contribution in [3.05, 3.63) is 63.0 Å². The fourth-order valence-corrected chi connectivity index (χ4v) is 2.33. The molecule has 0 aliphatic carbocycles. The second-order valence-electron chi connectivity index (χ2n) is 3.44. The summed E-state index contributed by atoms with van der Waals surface area (Å²) in [6.45, 7) is 0. The van der Waals surface area contributed by atoms with Crippen LogP contribution in [0.1, 0.15) is 5.56 Å². The number of anilines is 1. The third-order valence-corrected chi connectivity index (χ3v) is 3.74. The van der Waals surface area contributed by atoms with Gasteiger partial charge in [-0.2, -0.15) is 0 Å². The largest absolute Gasteiger partial charge is 0.345 e. The molecule has 0 bridgehead atoms. The lowest BCUT2D eigenvalue weighted by Crippen LogP contribution is -2.10. The molecule has 86 valence electrons. The number of hydrogen-bond acceptors (Lipinski definition) is 1. The van der Waals surface area contributed by atoms with Gasteiger partial charge in [0.25, 0.3) is 0 Å². The van der Waals surface area contributed by atoms with Gasteiger partial charge in [-0.3, -0.25) is 0 Å². The van der Waals surface area contributed by atoms with Gasteiger partial charge >= 0.3 is 0 Å². The van der Waals surface area contributed by atoms with Crippen molar-refractivity contribution in [1.82, 2.24) is 0 Å². The molecule has 1 N–H and O–H groups in total. The topological polar surface area (TPSA) is 12.0 Å². The number of halogens is 2. The lowest BCUT2D eigenvalue weighted by atomic mass is 10.2. The minimum Gasteiger partial charge on any atom is -0.345 e. The first kappa shape index (κ1) is 12.7. The number of hydrogen-bond donors (Lipinski definition) is 1. The normalized spacial score (nSPS) is 10.0. The first-order chi connectivity index (χ1) is 8.16. The molecule has 4 heteroatoms. The summed E-state index contributed by atoms with van der Waals surface area (Å²) >= 11 is 12.3. The molecule has 0 amide bonds. The Hall–Kier alpha value is -0.710. The highest BCUT2D eigenvalue weighted by molar-refractivity contribution is 9.11.